The lowest BCUT2D eigenvalue weighted by Crippen LogP contribution is -2.32. The molecule has 0 aliphatic carbocycles. The molecule has 0 saturated heterocycles. The molecule has 0 unspecified atom stereocenters. The molecule has 1 aromatic carbocycles. The molecule has 1 aromatic heterocycles. The van der Waals surface area contributed by atoms with E-state index in [1.54, 1.807) is 0 Å². The van der Waals surface area contributed by atoms with Crippen molar-refractivity contribution in [1.82, 2.24) is 15.5 Å². The largest absolute Gasteiger partial charge is 0.350 e. The molecule has 0 radical (unpaired) electrons. The van der Waals surface area contributed by atoms with Crippen LogP contribution in [0.4, 0.5) is 5.82 Å². The van der Waals surface area contributed by atoms with Crippen LogP contribution < -0.4 is 10.2 Å². The van der Waals surface area contributed by atoms with E-state index in [0.29, 0.717) is 0 Å². The first-order valence-corrected chi connectivity index (χ1v) is 7.28. The molecule has 0 spiro atoms. The second-order valence-corrected chi connectivity index (χ2v) is 5.54. The van der Waals surface area contributed by atoms with Gasteiger partial charge in [-0.2, -0.15) is 5.10 Å². The van der Waals surface area contributed by atoms with Crippen LogP contribution in [0, 0.1) is 0 Å². The van der Waals surface area contributed by atoms with Crippen LogP contribution in [0.5, 0.6) is 0 Å². The van der Waals surface area contributed by atoms with Crippen LogP contribution in [-0.2, 0) is 25.9 Å². The van der Waals surface area contributed by atoms with Gasteiger partial charge in [0, 0.05) is 32.6 Å². The second-order valence-electron chi connectivity index (χ2n) is 5.54. The lowest BCUT2D eigenvalue weighted by Gasteiger charge is -2.30. The zero-order valence-electron chi connectivity index (χ0n) is 11.5. The van der Waals surface area contributed by atoms with E-state index in [9.17, 15) is 0 Å². The molecule has 102 valence electrons. The number of hydrogen-bond acceptors (Lipinski definition) is 4. The SMILES string of the molecule is c1ccc2c(c1)CCN(c1cc3c(nn1)CCNC3)C2. The molecule has 4 nitrogen and oxygen atoms in total. The predicted octanol–water partition coefficient (Wildman–Crippen LogP) is 1.68. The van der Waals surface area contributed by atoms with Crippen molar-refractivity contribution in [1.29, 1.82) is 0 Å². The molecule has 0 atom stereocenters. The average molecular weight is 266 g/mol. The van der Waals surface area contributed by atoms with E-state index in [2.05, 4.69) is 50.7 Å². The maximum Gasteiger partial charge on any atom is 0.151 e. The summed E-state index contributed by atoms with van der Waals surface area (Å²) in [7, 11) is 0. The maximum absolute atomic E-state index is 4.44. The third kappa shape index (κ3) is 2.06. The molecule has 0 amide bonds. The Bertz CT molecular complexity index is 638. The number of aromatic nitrogens is 2. The molecule has 20 heavy (non-hydrogen) atoms. The fraction of sp³-hybridized carbons (Fsp3) is 0.375. The minimum absolute atomic E-state index is 0.919. The van der Waals surface area contributed by atoms with E-state index < -0.39 is 0 Å². The Labute approximate surface area is 118 Å². The number of benzene rings is 1. The van der Waals surface area contributed by atoms with Crippen molar-refractivity contribution >= 4 is 5.82 Å². The van der Waals surface area contributed by atoms with Gasteiger partial charge in [-0.25, -0.2) is 0 Å². The molecule has 2 aliphatic rings. The van der Waals surface area contributed by atoms with Crippen LogP contribution in [0.25, 0.3) is 0 Å². The Morgan fingerprint density at radius 3 is 2.85 bits per heavy atom. The summed E-state index contributed by atoms with van der Waals surface area (Å²) in [6, 6.07) is 10.9. The van der Waals surface area contributed by atoms with Crippen molar-refractivity contribution in [3.63, 3.8) is 0 Å². The highest BCUT2D eigenvalue weighted by molar-refractivity contribution is 5.46. The quantitative estimate of drug-likeness (QED) is 0.852. The Morgan fingerprint density at radius 2 is 1.90 bits per heavy atom. The van der Waals surface area contributed by atoms with E-state index in [0.717, 1.165) is 50.5 Å². The Hall–Kier alpha value is -1.94. The minimum atomic E-state index is 0.919. The van der Waals surface area contributed by atoms with Crippen LogP contribution >= 0.6 is 0 Å². The molecule has 4 heteroatoms. The summed E-state index contributed by atoms with van der Waals surface area (Å²) in [5.41, 5.74) is 5.35. The van der Waals surface area contributed by atoms with E-state index in [1.807, 2.05) is 0 Å². The Balaban J connectivity index is 1.63. The Kier molecular flexibility index (Phi) is 2.89. The molecule has 0 fully saturated rings. The number of anilines is 1. The van der Waals surface area contributed by atoms with Gasteiger partial charge in [-0.3, -0.25) is 0 Å². The third-order valence-corrected chi connectivity index (χ3v) is 4.26. The summed E-state index contributed by atoms with van der Waals surface area (Å²) in [5, 5.41) is 12.3. The smallest absolute Gasteiger partial charge is 0.151 e. The normalized spacial score (nSPS) is 17.5. The molecule has 2 aliphatic heterocycles. The lowest BCUT2D eigenvalue weighted by atomic mass is 10.00. The number of fused-ring (bicyclic) bond motifs is 2. The number of rotatable bonds is 1. The molecule has 3 heterocycles. The van der Waals surface area contributed by atoms with Gasteiger partial charge in [-0.1, -0.05) is 24.3 Å². The summed E-state index contributed by atoms with van der Waals surface area (Å²) < 4.78 is 0. The van der Waals surface area contributed by atoms with Gasteiger partial charge in [-0.05, 0) is 29.2 Å². The second kappa shape index (κ2) is 4.87. The third-order valence-electron chi connectivity index (χ3n) is 4.26. The van der Waals surface area contributed by atoms with Crippen LogP contribution in [0.3, 0.4) is 0 Å². The zero-order chi connectivity index (χ0) is 13.4. The predicted molar refractivity (Wildman–Crippen MR) is 78.6 cm³/mol. The van der Waals surface area contributed by atoms with Gasteiger partial charge in [-0.15, -0.1) is 5.10 Å². The van der Waals surface area contributed by atoms with Gasteiger partial charge in [0.15, 0.2) is 5.82 Å². The summed E-state index contributed by atoms with van der Waals surface area (Å²) in [4.78, 5) is 2.34. The van der Waals surface area contributed by atoms with Crippen molar-refractivity contribution < 1.29 is 0 Å². The van der Waals surface area contributed by atoms with Gasteiger partial charge in [0.25, 0.3) is 0 Å². The molecule has 2 aromatic rings. The van der Waals surface area contributed by atoms with Crippen LogP contribution in [0.1, 0.15) is 22.4 Å². The monoisotopic (exact) mass is 266 g/mol. The fourth-order valence-electron chi connectivity index (χ4n) is 3.08. The van der Waals surface area contributed by atoms with Crippen molar-refractivity contribution in [2.24, 2.45) is 0 Å². The highest BCUT2D eigenvalue weighted by Gasteiger charge is 2.19. The maximum atomic E-state index is 4.44. The molecule has 4 rings (SSSR count). The fourth-order valence-corrected chi connectivity index (χ4v) is 3.08. The van der Waals surface area contributed by atoms with Gasteiger partial charge < -0.3 is 10.2 Å². The number of hydrogen-bond donors (Lipinski definition) is 1. The summed E-state index contributed by atoms with van der Waals surface area (Å²) in [6.45, 7) is 3.90. The van der Waals surface area contributed by atoms with Gasteiger partial charge in [0.1, 0.15) is 0 Å². The molecular weight excluding hydrogens is 248 g/mol. The number of nitrogens with one attached hydrogen (secondary N) is 1. The summed E-state index contributed by atoms with van der Waals surface area (Å²) in [6.07, 6.45) is 2.08. The van der Waals surface area contributed by atoms with Gasteiger partial charge >= 0.3 is 0 Å². The van der Waals surface area contributed by atoms with Gasteiger partial charge in [0.05, 0.1) is 5.69 Å². The first-order chi connectivity index (χ1) is 9.90. The average Bonchev–Trinajstić information content (AvgIpc) is 2.54. The topological polar surface area (TPSA) is 41.1 Å². The molecule has 0 bridgehead atoms. The van der Waals surface area contributed by atoms with Crippen molar-refractivity contribution in [2.45, 2.75) is 25.9 Å². The van der Waals surface area contributed by atoms with Crippen LogP contribution in [0.15, 0.2) is 30.3 Å². The van der Waals surface area contributed by atoms with E-state index in [-0.39, 0.29) is 0 Å². The lowest BCUT2D eigenvalue weighted by molar-refractivity contribution is 0.615. The highest BCUT2D eigenvalue weighted by Crippen LogP contribution is 2.24. The first kappa shape index (κ1) is 11.9. The first-order valence-electron chi connectivity index (χ1n) is 7.28. The van der Waals surface area contributed by atoms with E-state index in [1.165, 1.54) is 16.7 Å². The summed E-state index contributed by atoms with van der Waals surface area (Å²) in [5.74, 6) is 1.02. The molecular formula is C16H18N4. The summed E-state index contributed by atoms with van der Waals surface area (Å²) >= 11 is 0. The molecule has 1 N–H and O–H groups in total. The van der Waals surface area contributed by atoms with Crippen molar-refractivity contribution in [2.75, 3.05) is 18.0 Å². The molecule has 0 saturated carbocycles. The van der Waals surface area contributed by atoms with Crippen LogP contribution in [0.2, 0.25) is 0 Å². The number of nitrogens with zero attached hydrogens (tertiary/aromatic N) is 3. The standard InChI is InChI=1S/C16H18N4/c1-2-4-13-11-20(8-6-12(13)3-1)16-9-14-10-17-7-5-15(14)18-19-16/h1-4,9,17H,5-8,10-11H2. The highest BCUT2D eigenvalue weighted by atomic mass is 15.3. The van der Waals surface area contributed by atoms with Crippen LogP contribution in [-0.4, -0.2) is 23.3 Å². The zero-order valence-corrected chi connectivity index (χ0v) is 11.5. The Morgan fingerprint density at radius 1 is 1.00 bits per heavy atom. The van der Waals surface area contributed by atoms with Gasteiger partial charge in [0.2, 0.25) is 0 Å². The van der Waals surface area contributed by atoms with E-state index >= 15 is 0 Å². The van der Waals surface area contributed by atoms with E-state index in [4.69, 9.17) is 0 Å². The minimum Gasteiger partial charge on any atom is -0.350 e. The van der Waals surface area contributed by atoms with Crippen molar-refractivity contribution in [3.05, 3.63) is 52.7 Å². The van der Waals surface area contributed by atoms with Crippen molar-refractivity contribution in [3.8, 4) is 0 Å².